The second kappa shape index (κ2) is 4.38. The zero-order chi connectivity index (χ0) is 5.70. The molecule has 0 unspecified atom stereocenters. The van der Waals surface area contributed by atoms with E-state index >= 15 is 0 Å². The topological polar surface area (TPSA) is 0 Å². The van der Waals surface area contributed by atoms with E-state index in [0.717, 1.165) is 18.2 Å². The first kappa shape index (κ1) is 7.22. The molecule has 0 N–H and O–H groups in total. The molecular formula is C6H11Br. The minimum absolute atomic E-state index is 1.06. The van der Waals surface area contributed by atoms with Crippen molar-refractivity contribution in [1.29, 1.82) is 0 Å². The lowest BCUT2D eigenvalue weighted by Gasteiger charge is -1.93. The molecule has 0 aromatic carbocycles. The van der Waals surface area contributed by atoms with Gasteiger partial charge in [0.15, 0.2) is 0 Å². The Kier molecular flexibility index (Phi) is 4.52. The van der Waals surface area contributed by atoms with Crippen LogP contribution in [0.25, 0.3) is 0 Å². The second-order valence-electron chi connectivity index (χ2n) is 1.54. The van der Waals surface area contributed by atoms with Crippen molar-refractivity contribution in [2.75, 3.05) is 5.33 Å². The summed E-state index contributed by atoms with van der Waals surface area (Å²) in [6, 6.07) is 0. The number of alkyl halides is 1. The van der Waals surface area contributed by atoms with E-state index in [0.29, 0.717) is 0 Å². The molecular weight excluding hydrogens is 152 g/mol. The van der Waals surface area contributed by atoms with Crippen molar-refractivity contribution in [2.45, 2.75) is 19.8 Å². The van der Waals surface area contributed by atoms with Gasteiger partial charge in [0.1, 0.15) is 0 Å². The zero-order valence-electron chi connectivity index (χ0n) is 4.71. The van der Waals surface area contributed by atoms with E-state index in [4.69, 9.17) is 0 Å². The van der Waals surface area contributed by atoms with Crippen LogP contribution in [0.3, 0.4) is 0 Å². The number of rotatable bonds is 3. The SMILES string of the molecule is C=C(CC)CCBr. The predicted molar refractivity (Wildman–Crippen MR) is 37.8 cm³/mol. The Bertz CT molecular complexity index is 57.2. The average molecular weight is 163 g/mol. The fourth-order valence-corrected chi connectivity index (χ4v) is 0.871. The molecule has 0 aromatic heterocycles. The van der Waals surface area contributed by atoms with E-state index in [1.807, 2.05) is 0 Å². The van der Waals surface area contributed by atoms with Crippen molar-refractivity contribution in [3.8, 4) is 0 Å². The molecule has 0 rings (SSSR count). The van der Waals surface area contributed by atoms with Crippen LogP contribution >= 0.6 is 15.9 Å². The molecule has 42 valence electrons. The summed E-state index contributed by atoms with van der Waals surface area (Å²) >= 11 is 3.33. The van der Waals surface area contributed by atoms with Crippen molar-refractivity contribution >= 4 is 15.9 Å². The van der Waals surface area contributed by atoms with E-state index < -0.39 is 0 Å². The van der Waals surface area contributed by atoms with Gasteiger partial charge in [-0.15, -0.1) is 0 Å². The van der Waals surface area contributed by atoms with Crippen LogP contribution in [0.15, 0.2) is 12.2 Å². The third-order valence-electron chi connectivity index (χ3n) is 0.948. The molecule has 0 nitrogen and oxygen atoms in total. The molecule has 0 saturated carbocycles. The van der Waals surface area contributed by atoms with Crippen molar-refractivity contribution in [3.05, 3.63) is 12.2 Å². The minimum atomic E-state index is 1.06. The summed E-state index contributed by atoms with van der Waals surface area (Å²) in [4.78, 5) is 0. The molecule has 0 aliphatic heterocycles. The monoisotopic (exact) mass is 162 g/mol. The van der Waals surface area contributed by atoms with Gasteiger partial charge in [-0.1, -0.05) is 35.0 Å². The molecule has 0 spiro atoms. The quantitative estimate of drug-likeness (QED) is 0.443. The highest BCUT2D eigenvalue weighted by atomic mass is 79.9. The first-order chi connectivity index (χ1) is 3.31. The van der Waals surface area contributed by atoms with Crippen LogP contribution in [0.4, 0.5) is 0 Å². The van der Waals surface area contributed by atoms with Crippen molar-refractivity contribution in [2.24, 2.45) is 0 Å². The van der Waals surface area contributed by atoms with Gasteiger partial charge >= 0.3 is 0 Å². The lowest BCUT2D eigenvalue weighted by atomic mass is 10.2. The molecule has 0 aliphatic rings. The summed E-state index contributed by atoms with van der Waals surface area (Å²) in [6.45, 7) is 5.96. The van der Waals surface area contributed by atoms with E-state index in [9.17, 15) is 0 Å². The van der Waals surface area contributed by atoms with E-state index in [2.05, 4.69) is 29.4 Å². The normalized spacial score (nSPS) is 8.86. The van der Waals surface area contributed by atoms with Crippen molar-refractivity contribution < 1.29 is 0 Å². The lowest BCUT2D eigenvalue weighted by Crippen LogP contribution is -1.77. The van der Waals surface area contributed by atoms with Crippen LogP contribution in [0.2, 0.25) is 0 Å². The Morgan fingerprint density at radius 1 is 1.71 bits per heavy atom. The van der Waals surface area contributed by atoms with Gasteiger partial charge in [0.2, 0.25) is 0 Å². The Morgan fingerprint density at radius 2 is 2.29 bits per heavy atom. The summed E-state index contributed by atoms with van der Waals surface area (Å²) in [5, 5.41) is 1.06. The largest absolute Gasteiger partial charge is 0.0998 e. The molecule has 0 heterocycles. The maximum Gasteiger partial charge on any atom is 0.00684 e. The molecule has 0 saturated heterocycles. The molecule has 0 bridgehead atoms. The molecule has 0 aliphatic carbocycles. The molecule has 0 aromatic rings. The van der Waals surface area contributed by atoms with Gasteiger partial charge in [-0.2, -0.15) is 0 Å². The van der Waals surface area contributed by atoms with E-state index in [-0.39, 0.29) is 0 Å². The fourth-order valence-electron chi connectivity index (χ4n) is 0.310. The maximum absolute atomic E-state index is 3.83. The highest BCUT2D eigenvalue weighted by Gasteiger charge is 1.84. The molecule has 0 amide bonds. The number of halogens is 1. The summed E-state index contributed by atoms with van der Waals surface area (Å²) in [5.74, 6) is 0. The summed E-state index contributed by atoms with van der Waals surface area (Å²) in [7, 11) is 0. The van der Waals surface area contributed by atoms with Gasteiger partial charge in [0.05, 0.1) is 0 Å². The first-order valence-corrected chi connectivity index (χ1v) is 3.66. The van der Waals surface area contributed by atoms with Crippen LogP contribution in [0.1, 0.15) is 19.8 Å². The van der Waals surface area contributed by atoms with Crippen LogP contribution < -0.4 is 0 Å². The van der Waals surface area contributed by atoms with Crippen LogP contribution in [-0.2, 0) is 0 Å². The molecule has 1 heteroatoms. The van der Waals surface area contributed by atoms with Crippen LogP contribution in [0, 0.1) is 0 Å². The molecule has 7 heavy (non-hydrogen) atoms. The Labute approximate surface area is 53.7 Å². The first-order valence-electron chi connectivity index (χ1n) is 2.54. The lowest BCUT2D eigenvalue weighted by molar-refractivity contribution is 1.000. The third kappa shape index (κ3) is 4.07. The van der Waals surface area contributed by atoms with Gasteiger partial charge in [0, 0.05) is 5.33 Å². The van der Waals surface area contributed by atoms with E-state index in [1.165, 1.54) is 5.57 Å². The highest BCUT2D eigenvalue weighted by Crippen LogP contribution is 2.03. The number of hydrogen-bond donors (Lipinski definition) is 0. The Balaban J connectivity index is 3.00. The van der Waals surface area contributed by atoms with Crippen molar-refractivity contribution in [1.82, 2.24) is 0 Å². The van der Waals surface area contributed by atoms with Crippen LogP contribution in [0.5, 0.6) is 0 Å². The zero-order valence-corrected chi connectivity index (χ0v) is 6.29. The van der Waals surface area contributed by atoms with Gasteiger partial charge in [0.25, 0.3) is 0 Å². The second-order valence-corrected chi connectivity index (χ2v) is 2.34. The van der Waals surface area contributed by atoms with Gasteiger partial charge in [-0.25, -0.2) is 0 Å². The summed E-state index contributed by atoms with van der Waals surface area (Å²) < 4.78 is 0. The number of allylic oxidation sites excluding steroid dienone is 1. The van der Waals surface area contributed by atoms with Gasteiger partial charge in [-0.3, -0.25) is 0 Å². The standard InChI is InChI=1S/C6H11Br/c1-3-6(2)4-5-7/h2-5H2,1H3. The fraction of sp³-hybridized carbons (Fsp3) is 0.667. The predicted octanol–water partition coefficient (Wildman–Crippen LogP) is 2.74. The number of hydrogen-bond acceptors (Lipinski definition) is 0. The third-order valence-corrected chi connectivity index (χ3v) is 1.34. The Morgan fingerprint density at radius 3 is 2.43 bits per heavy atom. The Hall–Kier alpha value is 0.220. The highest BCUT2D eigenvalue weighted by molar-refractivity contribution is 9.09. The molecule has 0 atom stereocenters. The van der Waals surface area contributed by atoms with Gasteiger partial charge < -0.3 is 0 Å². The van der Waals surface area contributed by atoms with Crippen LogP contribution in [-0.4, -0.2) is 5.33 Å². The van der Waals surface area contributed by atoms with Gasteiger partial charge in [-0.05, 0) is 12.8 Å². The minimum Gasteiger partial charge on any atom is -0.0998 e. The summed E-state index contributed by atoms with van der Waals surface area (Å²) in [6.07, 6.45) is 2.24. The van der Waals surface area contributed by atoms with Crippen molar-refractivity contribution in [3.63, 3.8) is 0 Å². The molecule has 0 radical (unpaired) electrons. The summed E-state index contributed by atoms with van der Waals surface area (Å²) in [5.41, 5.74) is 1.33. The average Bonchev–Trinajstić information content (AvgIpc) is 1.68. The maximum atomic E-state index is 3.83. The van der Waals surface area contributed by atoms with E-state index in [1.54, 1.807) is 0 Å². The molecule has 0 fully saturated rings. The smallest absolute Gasteiger partial charge is 0.00684 e.